The Hall–Kier alpha value is -2.56. The smallest absolute Gasteiger partial charge is 0.259 e. The third kappa shape index (κ3) is 2.40. The van der Waals surface area contributed by atoms with Gasteiger partial charge in [0, 0.05) is 31.1 Å². The molecule has 0 atom stereocenters. The summed E-state index contributed by atoms with van der Waals surface area (Å²) < 4.78 is 0. The van der Waals surface area contributed by atoms with Crippen molar-refractivity contribution in [1.29, 1.82) is 0 Å². The summed E-state index contributed by atoms with van der Waals surface area (Å²) in [6, 6.07) is 9.14. The van der Waals surface area contributed by atoms with Crippen molar-refractivity contribution >= 4 is 11.6 Å². The van der Waals surface area contributed by atoms with E-state index < -0.39 is 0 Å². The number of aromatic hydroxyl groups is 1. The molecule has 92 valence electrons. The van der Waals surface area contributed by atoms with Gasteiger partial charge in [0.1, 0.15) is 5.75 Å². The Balaban J connectivity index is 2.29. The summed E-state index contributed by atoms with van der Waals surface area (Å²) in [6.45, 7) is 0. The van der Waals surface area contributed by atoms with Gasteiger partial charge >= 0.3 is 0 Å². The first kappa shape index (κ1) is 11.9. The summed E-state index contributed by atoms with van der Waals surface area (Å²) in [5, 5.41) is 9.37. The minimum Gasteiger partial charge on any atom is -0.508 e. The molecule has 0 fully saturated rings. The van der Waals surface area contributed by atoms with Crippen LogP contribution >= 0.6 is 0 Å². The number of rotatable bonds is 2. The molecule has 0 aliphatic heterocycles. The van der Waals surface area contributed by atoms with Crippen LogP contribution in [-0.2, 0) is 0 Å². The maximum Gasteiger partial charge on any atom is 0.259 e. The maximum absolute atomic E-state index is 12.1. The fourth-order valence-corrected chi connectivity index (χ4v) is 1.56. The zero-order valence-electron chi connectivity index (χ0n) is 9.75. The Bertz CT molecular complexity index is 614. The summed E-state index contributed by atoms with van der Waals surface area (Å²) in [5.74, 6) is -0.175. The first-order valence-electron chi connectivity index (χ1n) is 5.34. The molecule has 0 spiro atoms. The van der Waals surface area contributed by atoms with Gasteiger partial charge < -0.3 is 15.0 Å². The van der Waals surface area contributed by atoms with E-state index in [1.165, 1.54) is 35.4 Å². The van der Waals surface area contributed by atoms with E-state index in [-0.39, 0.29) is 17.2 Å². The van der Waals surface area contributed by atoms with Crippen molar-refractivity contribution in [3.63, 3.8) is 0 Å². The predicted molar refractivity (Wildman–Crippen MR) is 67.9 cm³/mol. The van der Waals surface area contributed by atoms with E-state index in [0.717, 1.165) is 0 Å². The van der Waals surface area contributed by atoms with Crippen molar-refractivity contribution in [2.45, 2.75) is 0 Å². The lowest BCUT2D eigenvalue weighted by atomic mass is 10.2. The maximum atomic E-state index is 12.1. The normalized spacial score (nSPS) is 10.1. The number of hydrogen-bond donors (Lipinski definition) is 2. The molecule has 0 saturated heterocycles. The standard InChI is InChI=1S/C13H12N2O3/c1-15(10-3-2-4-11(16)7-10)13(18)9-5-6-12(17)14-8-9/h2-8,16H,1H3,(H,14,17). The van der Waals surface area contributed by atoms with Crippen LogP contribution < -0.4 is 10.5 Å². The molecule has 0 aliphatic carbocycles. The molecular weight excluding hydrogens is 232 g/mol. The Kier molecular flexibility index (Phi) is 3.14. The number of anilines is 1. The third-order valence-corrected chi connectivity index (χ3v) is 2.55. The van der Waals surface area contributed by atoms with Crippen molar-refractivity contribution in [2.75, 3.05) is 11.9 Å². The lowest BCUT2D eigenvalue weighted by Gasteiger charge is -2.17. The van der Waals surface area contributed by atoms with Crippen LogP contribution in [-0.4, -0.2) is 23.0 Å². The minimum absolute atomic E-state index is 0.0913. The largest absolute Gasteiger partial charge is 0.508 e. The molecule has 2 N–H and O–H groups in total. The van der Waals surface area contributed by atoms with Gasteiger partial charge in [0.15, 0.2) is 0 Å². The van der Waals surface area contributed by atoms with E-state index >= 15 is 0 Å². The van der Waals surface area contributed by atoms with Crippen LogP contribution in [0, 0.1) is 0 Å². The zero-order valence-corrected chi connectivity index (χ0v) is 9.75. The lowest BCUT2D eigenvalue weighted by molar-refractivity contribution is 0.0992. The second-order valence-electron chi connectivity index (χ2n) is 3.83. The molecule has 0 saturated carbocycles. The molecule has 1 aromatic carbocycles. The lowest BCUT2D eigenvalue weighted by Crippen LogP contribution is -2.26. The number of phenols is 1. The number of H-pyrrole nitrogens is 1. The third-order valence-electron chi connectivity index (χ3n) is 2.55. The van der Waals surface area contributed by atoms with E-state index in [4.69, 9.17) is 0 Å². The van der Waals surface area contributed by atoms with Gasteiger partial charge in [-0.1, -0.05) is 6.07 Å². The molecule has 1 heterocycles. The number of amides is 1. The van der Waals surface area contributed by atoms with Crippen LogP contribution in [0.15, 0.2) is 47.4 Å². The first-order valence-corrected chi connectivity index (χ1v) is 5.34. The highest BCUT2D eigenvalue weighted by molar-refractivity contribution is 6.05. The van der Waals surface area contributed by atoms with Gasteiger partial charge in [-0.3, -0.25) is 9.59 Å². The van der Waals surface area contributed by atoms with Gasteiger partial charge in [0.2, 0.25) is 5.56 Å². The van der Waals surface area contributed by atoms with E-state index in [2.05, 4.69) is 4.98 Å². The Morgan fingerprint density at radius 1 is 1.28 bits per heavy atom. The molecule has 2 aromatic rings. The molecule has 18 heavy (non-hydrogen) atoms. The first-order chi connectivity index (χ1) is 8.58. The SMILES string of the molecule is CN(C(=O)c1ccc(=O)[nH]c1)c1cccc(O)c1. The Morgan fingerprint density at radius 3 is 2.67 bits per heavy atom. The van der Waals surface area contributed by atoms with Gasteiger partial charge in [0.25, 0.3) is 5.91 Å². The van der Waals surface area contributed by atoms with Crippen LogP contribution in [0.25, 0.3) is 0 Å². The molecule has 1 aromatic heterocycles. The number of aromatic amines is 1. The molecular formula is C13H12N2O3. The van der Waals surface area contributed by atoms with E-state index in [0.29, 0.717) is 11.3 Å². The zero-order chi connectivity index (χ0) is 13.1. The van der Waals surface area contributed by atoms with E-state index in [1.54, 1.807) is 19.2 Å². The summed E-state index contributed by atoms with van der Waals surface area (Å²) in [5.41, 5.74) is 0.693. The fourth-order valence-electron chi connectivity index (χ4n) is 1.56. The summed E-state index contributed by atoms with van der Waals surface area (Å²) in [6.07, 6.45) is 1.37. The van der Waals surface area contributed by atoms with Crippen LogP contribution in [0.5, 0.6) is 5.75 Å². The number of nitrogens with one attached hydrogen (secondary N) is 1. The highest BCUT2D eigenvalue weighted by Crippen LogP contribution is 2.20. The molecule has 5 nitrogen and oxygen atoms in total. The number of nitrogens with zero attached hydrogens (tertiary/aromatic N) is 1. The van der Waals surface area contributed by atoms with Gasteiger partial charge in [-0.05, 0) is 18.2 Å². The second kappa shape index (κ2) is 4.75. The van der Waals surface area contributed by atoms with E-state index in [1.807, 2.05) is 0 Å². The van der Waals surface area contributed by atoms with Gasteiger partial charge in [-0.2, -0.15) is 0 Å². The molecule has 1 amide bonds. The Labute approximate surface area is 103 Å². The highest BCUT2D eigenvalue weighted by Gasteiger charge is 2.13. The van der Waals surface area contributed by atoms with Crippen LogP contribution in [0.4, 0.5) is 5.69 Å². The summed E-state index contributed by atoms with van der Waals surface area (Å²) in [4.78, 5) is 26.8. The molecule has 0 bridgehead atoms. The molecule has 0 radical (unpaired) electrons. The average molecular weight is 244 g/mol. The number of aromatic nitrogens is 1. The number of carbonyl (C=O) groups is 1. The topological polar surface area (TPSA) is 73.4 Å². The van der Waals surface area contributed by atoms with Gasteiger partial charge in [-0.25, -0.2) is 0 Å². The highest BCUT2D eigenvalue weighted by atomic mass is 16.3. The van der Waals surface area contributed by atoms with Crippen molar-refractivity contribution in [3.05, 3.63) is 58.5 Å². The van der Waals surface area contributed by atoms with Crippen LogP contribution in [0.3, 0.4) is 0 Å². The van der Waals surface area contributed by atoms with Crippen molar-refractivity contribution in [1.82, 2.24) is 4.98 Å². The summed E-state index contributed by atoms with van der Waals surface area (Å²) in [7, 11) is 1.60. The van der Waals surface area contributed by atoms with Gasteiger partial charge in [0.05, 0.1) is 5.56 Å². The molecule has 5 heteroatoms. The van der Waals surface area contributed by atoms with Crippen molar-refractivity contribution in [2.24, 2.45) is 0 Å². The predicted octanol–water partition coefficient (Wildman–Crippen LogP) is 1.36. The van der Waals surface area contributed by atoms with Crippen molar-refractivity contribution < 1.29 is 9.90 Å². The van der Waals surface area contributed by atoms with Crippen LogP contribution in [0.2, 0.25) is 0 Å². The second-order valence-corrected chi connectivity index (χ2v) is 3.83. The van der Waals surface area contributed by atoms with E-state index in [9.17, 15) is 14.7 Å². The number of carbonyl (C=O) groups excluding carboxylic acids is 1. The quantitative estimate of drug-likeness (QED) is 0.837. The molecule has 2 rings (SSSR count). The summed E-state index contributed by atoms with van der Waals surface area (Å²) >= 11 is 0. The fraction of sp³-hybridized carbons (Fsp3) is 0.0769. The number of phenolic OH excluding ortho intramolecular Hbond substituents is 1. The minimum atomic E-state index is -0.267. The molecule has 0 aliphatic rings. The average Bonchev–Trinajstić information content (AvgIpc) is 2.38. The monoisotopic (exact) mass is 244 g/mol. The number of benzene rings is 1. The van der Waals surface area contributed by atoms with Gasteiger partial charge in [-0.15, -0.1) is 0 Å². The van der Waals surface area contributed by atoms with Crippen LogP contribution in [0.1, 0.15) is 10.4 Å². The molecule has 0 unspecified atom stereocenters. The number of pyridine rings is 1. The Morgan fingerprint density at radius 2 is 2.06 bits per heavy atom. The number of hydrogen-bond acceptors (Lipinski definition) is 3. The van der Waals surface area contributed by atoms with Crippen molar-refractivity contribution in [3.8, 4) is 5.75 Å².